The highest BCUT2D eigenvalue weighted by molar-refractivity contribution is 6.41. The molecule has 0 aliphatic carbocycles. The predicted octanol–water partition coefficient (Wildman–Crippen LogP) is 3.81. The Bertz CT molecular complexity index is 1080. The maximum absolute atomic E-state index is 12.6. The first-order valence-corrected chi connectivity index (χ1v) is 8.77. The SMILES string of the molecule is COc1ccc(OC)c(NC(=O)c2ccc(-n3ncc(Cl)c(Cl)c3=O)cc2)c1. The molecule has 0 radical (unpaired) electrons. The lowest BCUT2D eigenvalue weighted by Gasteiger charge is -2.12. The minimum atomic E-state index is -0.549. The van der Waals surface area contributed by atoms with E-state index in [2.05, 4.69) is 10.4 Å². The van der Waals surface area contributed by atoms with Gasteiger partial charge < -0.3 is 14.8 Å². The third-order valence-electron chi connectivity index (χ3n) is 3.91. The molecule has 7 nitrogen and oxygen atoms in total. The molecule has 1 aromatic heterocycles. The Kier molecular flexibility index (Phi) is 5.87. The summed E-state index contributed by atoms with van der Waals surface area (Å²) in [6, 6.07) is 11.4. The van der Waals surface area contributed by atoms with Crippen LogP contribution in [0.15, 0.2) is 53.5 Å². The Hall–Kier alpha value is -3.03. The Morgan fingerprint density at radius 2 is 1.79 bits per heavy atom. The van der Waals surface area contributed by atoms with Crippen molar-refractivity contribution in [3.63, 3.8) is 0 Å². The van der Waals surface area contributed by atoms with E-state index < -0.39 is 5.56 Å². The van der Waals surface area contributed by atoms with Crippen LogP contribution in [0.1, 0.15) is 10.4 Å². The van der Waals surface area contributed by atoms with Crippen LogP contribution in [0.5, 0.6) is 11.5 Å². The number of ether oxygens (including phenoxy) is 2. The molecule has 1 heterocycles. The topological polar surface area (TPSA) is 82.4 Å². The predicted molar refractivity (Wildman–Crippen MR) is 107 cm³/mol. The maximum Gasteiger partial charge on any atom is 0.291 e. The van der Waals surface area contributed by atoms with E-state index in [1.54, 1.807) is 42.5 Å². The maximum atomic E-state index is 12.6. The summed E-state index contributed by atoms with van der Waals surface area (Å²) < 4.78 is 11.5. The molecule has 9 heteroatoms. The Morgan fingerprint density at radius 1 is 1.07 bits per heavy atom. The lowest BCUT2D eigenvalue weighted by atomic mass is 10.2. The van der Waals surface area contributed by atoms with Crippen LogP contribution in [-0.2, 0) is 0 Å². The molecular formula is C19H15Cl2N3O4. The van der Waals surface area contributed by atoms with E-state index in [-0.39, 0.29) is 16.0 Å². The molecule has 1 N–H and O–H groups in total. The number of hydrogen-bond acceptors (Lipinski definition) is 5. The van der Waals surface area contributed by atoms with E-state index in [4.69, 9.17) is 32.7 Å². The summed E-state index contributed by atoms with van der Waals surface area (Å²) in [6.07, 6.45) is 1.28. The van der Waals surface area contributed by atoms with Gasteiger partial charge in [0.15, 0.2) is 0 Å². The molecule has 0 unspecified atom stereocenters. The third-order valence-corrected chi connectivity index (χ3v) is 4.65. The minimum absolute atomic E-state index is 0.0751. The largest absolute Gasteiger partial charge is 0.497 e. The summed E-state index contributed by atoms with van der Waals surface area (Å²) in [6.45, 7) is 0. The molecule has 0 aliphatic heterocycles. The molecule has 3 aromatic rings. The molecule has 144 valence electrons. The van der Waals surface area contributed by atoms with E-state index in [1.807, 2.05) is 0 Å². The van der Waals surface area contributed by atoms with Crippen LogP contribution in [0.2, 0.25) is 10.0 Å². The molecule has 3 rings (SSSR count). The van der Waals surface area contributed by atoms with Crippen molar-refractivity contribution >= 4 is 34.8 Å². The monoisotopic (exact) mass is 419 g/mol. The molecule has 2 aromatic carbocycles. The fourth-order valence-electron chi connectivity index (χ4n) is 2.46. The molecule has 1 amide bonds. The van der Waals surface area contributed by atoms with Gasteiger partial charge in [-0.1, -0.05) is 23.2 Å². The molecular weight excluding hydrogens is 405 g/mol. The first-order chi connectivity index (χ1) is 13.4. The van der Waals surface area contributed by atoms with Gasteiger partial charge in [0.2, 0.25) is 0 Å². The van der Waals surface area contributed by atoms with E-state index in [1.165, 1.54) is 20.4 Å². The van der Waals surface area contributed by atoms with Gasteiger partial charge in [-0.15, -0.1) is 0 Å². The second-order valence-electron chi connectivity index (χ2n) is 5.59. The van der Waals surface area contributed by atoms with E-state index in [9.17, 15) is 9.59 Å². The third kappa shape index (κ3) is 3.95. The van der Waals surface area contributed by atoms with E-state index in [0.29, 0.717) is 28.4 Å². The number of nitrogens with one attached hydrogen (secondary N) is 1. The zero-order valence-corrected chi connectivity index (χ0v) is 16.4. The van der Waals surface area contributed by atoms with Crippen molar-refractivity contribution in [1.29, 1.82) is 0 Å². The number of nitrogens with zero attached hydrogens (tertiary/aromatic N) is 2. The van der Waals surface area contributed by atoms with Crippen LogP contribution in [0, 0.1) is 0 Å². The lowest BCUT2D eigenvalue weighted by Crippen LogP contribution is -2.21. The van der Waals surface area contributed by atoms with Crippen LogP contribution in [0.25, 0.3) is 5.69 Å². The number of amides is 1. The summed E-state index contributed by atoms with van der Waals surface area (Å²) >= 11 is 11.7. The van der Waals surface area contributed by atoms with Crippen LogP contribution in [0.4, 0.5) is 5.69 Å². The van der Waals surface area contributed by atoms with Gasteiger partial charge in [-0.2, -0.15) is 9.78 Å². The van der Waals surface area contributed by atoms with Gasteiger partial charge in [0.25, 0.3) is 11.5 Å². The van der Waals surface area contributed by atoms with Crippen molar-refractivity contribution in [3.05, 3.63) is 74.6 Å². The molecule has 0 atom stereocenters. The molecule has 28 heavy (non-hydrogen) atoms. The van der Waals surface area contributed by atoms with Crippen LogP contribution in [0.3, 0.4) is 0 Å². The standard InChI is InChI=1S/C19H15Cl2N3O4/c1-27-13-7-8-16(28-2)15(9-13)23-18(25)11-3-5-12(6-4-11)24-19(26)17(21)14(20)10-22-24/h3-10H,1-2H3,(H,23,25). The van der Waals surface area contributed by atoms with Gasteiger partial charge in [0.1, 0.15) is 16.5 Å². The number of methoxy groups -OCH3 is 2. The number of benzene rings is 2. The first kappa shape index (κ1) is 19.7. The Balaban J connectivity index is 1.85. The zero-order valence-electron chi connectivity index (χ0n) is 14.9. The van der Waals surface area contributed by atoms with Crippen molar-refractivity contribution in [2.45, 2.75) is 0 Å². The number of carbonyl (C=O) groups excluding carboxylic acids is 1. The highest BCUT2D eigenvalue weighted by atomic mass is 35.5. The van der Waals surface area contributed by atoms with Gasteiger partial charge in [0, 0.05) is 11.6 Å². The summed E-state index contributed by atoms with van der Waals surface area (Å²) in [5, 5.41) is 6.68. The minimum Gasteiger partial charge on any atom is -0.497 e. The van der Waals surface area contributed by atoms with E-state index in [0.717, 1.165) is 4.68 Å². The number of aromatic nitrogens is 2. The van der Waals surface area contributed by atoms with Crippen molar-refractivity contribution < 1.29 is 14.3 Å². The number of anilines is 1. The van der Waals surface area contributed by atoms with Gasteiger partial charge in [0.05, 0.1) is 36.8 Å². The van der Waals surface area contributed by atoms with E-state index >= 15 is 0 Å². The zero-order chi connectivity index (χ0) is 20.3. The molecule has 0 saturated carbocycles. The molecule has 0 aliphatic rings. The fourth-order valence-corrected chi connectivity index (χ4v) is 2.71. The summed E-state index contributed by atoms with van der Waals surface area (Å²) in [5.74, 6) is 0.724. The van der Waals surface area contributed by atoms with Crippen molar-refractivity contribution in [2.75, 3.05) is 19.5 Å². The summed E-state index contributed by atoms with van der Waals surface area (Å²) in [5.41, 5.74) is 0.742. The molecule has 0 spiro atoms. The second kappa shape index (κ2) is 8.33. The average molecular weight is 420 g/mol. The number of hydrogen-bond donors (Lipinski definition) is 1. The number of rotatable bonds is 5. The van der Waals surface area contributed by atoms with Crippen molar-refractivity contribution in [3.8, 4) is 17.2 Å². The Morgan fingerprint density at radius 3 is 2.43 bits per heavy atom. The quantitative estimate of drug-likeness (QED) is 0.679. The van der Waals surface area contributed by atoms with Crippen molar-refractivity contribution in [2.24, 2.45) is 0 Å². The Labute approximate surface area is 170 Å². The smallest absolute Gasteiger partial charge is 0.291 e. The van der Waals surface area contributed by atoms with Gasteiger partial charge in [-0.3, -0.25) is 9.59 Å². The van der Waals surface area contributed by atoms with Gasteiger partial charge >= 0.3 is 0 Å². The van der Waals surface area contributed by atoms with Gasteiger partial charge in [-0.05, 0) is 36.4 Å². The highest BCUT2D eigenvalue weighted by Gasteiger charge is 2.13. The lowest BCUT2D eigenvalue weighted by molar-refractivity contribution is 0.102. The first-order valence-electron chi connectivity index (χ1n) is 8.01. The van der Waals surface area contributed by atoms with Crippen LogP contribution >= 0.6 is 23.2 Å². The summed E-state index contributed by atoms with van der Waals surface area (Å²) in [7, 11) is 3.04. The molecule has 0 saturated heterocycles. The highest BCUT2D eigenvalue weighted by Crippen LogP contribution is 2.29. The second-order valence-corrected chi connectivity index (χ2v) is 6.38. The van der Waals surface area contributed by atoms with Crippen molar-refractivity contribution in [1.82, 2.24) is 9.78 Å². The normalized spacial score (nSPS) is 10.4. The van der Waals surface area contributed by atoms with Crippen LogP contribution < -0.4 is 20.3 Å². The van der Waals surface area contributed by atoms with Crippen LogP contribution in [-0.4, -0.2) is 29.9 Å². The fraction of sp³-hybridized carbons (Fsp3) is 0.105. The molecule has 0 bridgehead atoms. The molecule has 0 fully saturated rings. The number of carbonyl (C=O) groups is 1. The summed E-state index contributed by atoms with van der Waals surface area (Å²) in [4.78, 5) is 24.7. The number of halogens is 2. The van der Waals surface area contributed by atoms with Gasteiger partial charge in [-0.25, -0.2) is 0 Å². The average Bonchev–Trinajstić information content (AvgIpc) is 2.72.